The maximum Gasteiger partial charge on any atom is 0.115 e. The molecule has 0 aliphatic carbocycles. The highest BCUT2D eigenvalue weighted by Gasteiger charge is 2.03. The van der Waals surface area contributed by atoms with Crippen molar-refractivity contribution in [2.45, 2.75) is 12.8 Å². The molecule has 0 bridgehead atoms. The van der Waals surface area contributed by atoms with Gasteiger partial charge in [-0.15, -0.1) is 0 Å². The summed E-state index contributed by atoms with van der Waals surface area (Å²) in [4.78, 5) is 2.14. The van der Waals surface area contributed by atoms with Crippen LogP contribution >= 0.6 is 0 Å². The maximum atomic E-state index is 9.25. The van der Waals surface area contributed by atoms with Gasteiger partial charge in [-0.1, -0.05) is 30.3 Å². The van der Waals surface area contributed by atoms with Crippen LogP contribution in [0.5, 0.6) is 5.75 Å². The second kappa shape index (κ2) is 5.58. The Balaban J connectivity index is 2.08. The SMILES string of the molecule is CN(C)c1ccccc1CCc1ccc(O)cc1. The molecule has 0 saturated carbocycles. The Kier molecular flexibility index (Phi) is 3.88. The number of para-hydroxylation sites is 1. The first-order chi connectivity index (χ1) is 8.66. The molecule has 1 N–H and O–H groups in total. The molecule has 18 heavy (non-hydrogen) atoms. The van der Waals surface area contributed by atoms with Crippen LogP contribution in [0, 0.1) is 0 Å². The summed E-state index contributed by atoms with van der Waals surface area (Å²) in [6, 6.07) is 15.9. The average Bonchev–Trinajstić information content (AvgIpc) is 2.38. The van der Waals surface area contributed by atoms with Crippen molar-refractivity contribution >= 4 is 5.69 Å². The van der Waals surface area contributed by atoms with E-state index in [9.17, 15) is 5.11 Å². The van der Waals surface area contributed by atoms with Gasteiger partial charge in [0.25, 0.3) is 0 Å². The molecule has 2 rings (SSSR count). The van der Waals surface area contributed by atoms with Crippen LogP contribution in [0.2, 0.25) is 0 Å². The Morgan fingerprint density at radius 1 is 0.889 bits per heavy atom. The molecule has 0 radical (unpaired) electrons. The summed E-state index contributed by atoms with van der Waals surface area (Å²) in [5, 5.41) is 9.25. The minimum absolute atomic E-state index is 0.326. The zero-order chi connectivity index (χ0) is 13.0. The topological polar surface area (TPSA) is 23.5 Å². The summed E-state index contributed by atoms with van der Waals surface area (Å²) in [6.45, 7) is 0. The number of phenolic OH excluding ortho intramolecular Hbond substituents is 1. The Hall–Kier alpha value is -1.96. The summed E-state index contributed by atoms with van der Waals surface area (Å²) in [5.41, 5.74) is 3.88. The summed E-state index contributed by atoms with van der Waals surface area (Å²) in [6.07, 6.45) is 2.00. The van der Waals surface area contributed by atoms with Gasteiger partial charge in [0.2, 0.25) is 0 Å². The quantitative estimate of drug-likeness (QED) is 0.888. The molecule has 0 aliphatic heterocycles. The van der Waals surface area contributed by atoms with E-state index in [4.69, 9.17) is 0 Å². The molecule has 0 unspecified atom stereocenters. The molecule has 2 nitrogen and oxygen atoms in total. The summed E-state index contributed by atoms with van der Waals surface area (Å²) in [5.74, 6) is 0.326. The Morgan fingerprint density at radius 3 is 2.22 bits per heavy atom. The normalized spacial score (nSPS) is 10.3. The van der Waals surface area contributed by atoms with Crippen molar-refractivity contribution in [3.8, 4) is 5.75 Å². The molecule has 94 valence electrons. The van der Waals surface area contributed by atoms with Gasteiger partial charge in [0, 0.05) is 19.8 Å². The second-order valence-corrected chi connectivity index (χ2v) is 4.69. The molecular formula is C16H19NO. The van der Waals surface area contributed by atoms with Crippen molar-refractivity contribution in [3.63, 3.8) is 0 Å². The van der Waals surface area contributed by atoms with Crippen molar-refractivity contribution in [2.24, 2.45) is 0 Å². The summed E-state index contributed by atoms with van der Waals surface area (Å²) >= 11 is 0. The third-order valence-corrected chi connectivity index (χ3v) is 3.09. The Morgan fingerprint density at radius 2 is 1.56 bits per heavy atom. The van der Waals surface area contributed by atoms with Crippen molar-refractivity contribution in [1.29, 1.82) is 0 Å². The molecule has 0 amide bonds. The Bertz CT molecular complexity index is 503. The molecule has 0 spiro atoms. The van der Waals surface area contributed by atoms with Gasteiger partial charge in [-0.05, 0) is 42.2 Å². The number of aryl methyl sites for hydroxylation is 2. The molecule has 0 saturated heterocycles. The van der Waals surface area contributed by atoms with Gasteiger partial charge in [-0.25, -0.2) is 0 Å². The number of aromatic hydroxyl groups is 1. The second-order valence-electron chi connectivity index (χ2n) is 4.69. The highest BCUT2D eigenvalue weighted by molar-refractivity contribution is 5.52. The van der Waals surface area contributed by atoms with E-state index in [0.717, 1.165) is 12.8 Å². The van der Waals surface area contributed by atoms with E-state index in [1.54, 1.807) is 12.1 Å². The monoisotopic (exact) mass is 241 g/mol. The van der Waals surface area contributed by atoms with E-state index >= 15 is 0 Å². The van der Waals surface area contributed by atoms with E-state index in [-0.39, 0.29) is 0 Å². The molecule has 0 aromatic heterocycles. The lowest BCUT2D eigenvalue weighted by molar-refractivity contribution is 0.475. The van der Waals surface area contributed by atoms with Crippen LogP contribution in [0.1, 0.15) is 11.1 Å². The standard InChI is InChI=1S/C16H19NO/c1-17(2)16-6-4-3-5-14(16)10-7-13-8-11-15(18)12-9-13/h3-6,8-9,11-12,18H,7,10H2,1-2H3. The van der Waals surface area contributed by atoms with Gasteiger partial charge in [0.15, 0.2) is 0 Å². The molecular weight excluding hydrogens is 222 g/mol. The van der Waals surface area contributed by atoms with E-state index in [1.807, 2.05) is 12.1 Å². The minimum atomic E-state index is 0.326. The van der Waals surface area contributed by atoms with Crippen LogP contribution < -0.4 is 4.90 Å². The van der Waals surface area contributed by atoms with Crippen LogP contribution in [-0.2, 0) is 12.8 Å². The average molecular weight is 241 g/mol. The predicted octanol–water partition coefficient (Wildman–Crippen LogP) is 3.24. The Labute approximate surface area is 109 Å². The number of phenols is 1. The van der Waals surface area contributed by atoms with E-state index < -0.39 is 0 Å². The molecule has 2 aromatic rings. The van der Waals surface area contributed by atoms with Crippen LogP contribution in [0.15, 0.2) is 48.5 Å². The molecule has 0 atom stereocenters. The highest BCUT2D eigenvalue weighted by Crippen LogP contribution is 2.20. The third kappa shape index (κ3) is 3.04. The molecule has 2 heteroatoms. The van der Waals surface area contributed by atoms with Crippen molar-refractivity contribution in [2.75, 3.05) is 19.0 Å². The van der Waals surface area contributed by atoms with Crippen molar-refractivity contribution in [3.05, 3.63) is 59.7 Å². The highest BCUT2D eigenvalue weighted by atomic mass is 16.3. The van der Waals surface area contributed by atoms with Gasteiger partial charge in [0.1, 0.15) is 5.75 Å². The fraction of sp³-hybridized carbons (Fsp3) is 0.250. The first kappa shape index (κ1) is 12.5. The number of rotatable bonds is 4. The van der Waals surface area contributed by atoms with Gasteiger partial charge in [-0.2, -0.15) is 0 Å². The molecule has 2 aromatic carbocycles. The molecule has 0 fully saturated rings. The van der Waals surface area contributed by atoms with Crippen LogP contribution in [-0.4, -0.2) is 19.2 Å². The number of anilines is 1. The minimum Gasteiger partial charge on any atom is -0.508 e. The van der Waals surface area contributed by atoms with Crippen LogP contribution in [0.4, 0.5) is 5.69 Å². The van der Waals surface area contributed by atoms with Crippen molar-refractivity contribution in [1.82, 2.24) is 0 Å². The van der Waals surface area contributed by atoms with Gasteiger partial charge < -0.3 is 10.0 Å². The number of hydrogen-bond donors (Lipinski definition) is 1. The van der Waals surface area contributed by atoms with Gasteiger partial charge >= 0.3 is 0 Å². The fourth-order valence-electron chi connectivity index (χ4n) is 2.10. The molecule has 0 heterocycles. The van der Waals surface area contributed by atoms with Gasteiger partial charge in [0.05, 0.1) is 0 Å². The summed E-state index contributed by atoms with van der Waals surface area (Å²) in [7, 11) is 4.14. The fourth-order valence-corrected chi connectivity index (χ4v) is 2.10. The van der Waals surface area contributed by atoms with E-state index in [0.29, 0.717) is 5.75 Å². The number of benzene rings is 2. The lowest BCUT2D eigenvalue weighted by Gasteiger charge is -2.17. The first-order valence-electron chi connectivity index (χ1n) is 6.20. The predicted molar refractivity (Wildman–Crippen MR) is 76.3 cm³/mol. The van der Waals surface area contributed by atoms with Crippen LogP contribution in [0.25, 0.3) is 0 Å². The van der Waals surface area contributed by atoms with E-state index in [2.05, 4.69) is 43.3 Å². The largest absolute Gasteiger partial charge is 0.508 e. The summed E-state index contributed by atoms with van der Waals surface area (Å²) < 4.78 is 0. The zero-order valence-corrected chi connectivity index (χ0v) is 10.9. The maximum absolute atomic E-state index is 9.25. The zero-order valence-electron chi connectivity index (χ0n) is 10.9. The third-order valence-electron chi connectivity index (χ3n) is 3.09. The first-order valence-corrected chi connectivity index (χ1v) is 6.20. The van der Waals surface area contributed by atoms with Crippen molar-refractivity contribution < 1.29 is 5.11 Å². The van der Waals surface area contributed by atoms with E-state index in [1.165, 1.54) is 16.8 Å². The molecule has 0 aliphatic rings. The van der Waals surface area contributed by atoms with Gasteiger partial charge in [-0.3, -0.25) is 0 Å². The number of nitrogens with zero attached hydrogens (tertiary/aromatic N) is 1. The number of hydrogen-bond acceptors (Lipinski definition) is 2. The van der Waals surface area contributed by atoms with Crippen LogP contribution in [0.3, 0.4) is 0 Å². The smallest absolute Gasteiger partial charge is 0.115 e. The lowest BCUT2D eigenvalue weighted by atomic mass is 10.0. The lowest BCUT2D eigenvalue weighted by Crippen LogP contribution is -2.11.